The number of sulfone groups is 1. The Bertz CT molecular complexity index is 474. The molecule has 0 aliphatic heterocycles. The predicted octanol–water partition coefficient (Wildman–Crippen LogP) is 0.519. The second kappa shape index (κ2) is 5.72. The van der Waals surface area contributed by atoms with Crippen molar-refractivity contribution in [3.63, 3.8) is 0 Å². The molecule has 0 aromatic carbocycles. The first kappa shape index (κ1) is 13.6. The van der Waals surface area contributed by atoms with Crippen LogP contribution in [0.4, 0.5) is 11.5 Å². The van der Waals surface area contributed by atoms with Gasteiger partial charge in [0.15, 0.2) is 5.82 Å². The third kappa shape index (κ3) is 4.90. The number of hydrogen-bond donors (Lipinski definition) is 2. The highest BCUT2D eigenvalue weighted by Crippen LogP contribution is 2.19. The molecule has 0 unspecified atom stereocenters. The van der Waals surface area contributed by atoms with Crippen molar-refractivity contribution in [3.8, 4) is 5.88 Å². The smallest absolute Gasteiger partial charge is 0.215 e. The van der Waals surface area contributed by atoms with Gasteiger partial charge < -0.3 is 15.8 Å². The number of nitrogens with zero attached hydrogens (tertiary/aromatic N) is 1. The zero-order valence-corrected chi connectivity index (χ0v) is 10.8. The van der Waals surface area contributed by atoms with Gasteiger partial charge in [-0.1, -0.05) is 0 Å². The van der Waals surface area contributed by atoms with Crippen LogP contribution in [0.15, 0.2) is 12.1 Å². The van der Waals surface area contributed by atoms with E-state index in [0.717, 1.165) is 0 Å². The Morgan fingerprint density at radius 1 is 1.47 bits per heavy atom. The molecule has 1 rings (SSSR count). The van der Waals surface area contributed by atoms with Crippen LogP contribution >= 0.6 is 0 Å². The standard InChI is InChI=1S/C10H17N3O3S/c1-16-9-5-4-8(11)10(13-9)12-6-3-7-17(2,14)15/h4-5H,3,6-7,11H2,1-2H3,(H,12,13). The topological polar surface area (TPSA) is 94.3 Å². The Morgan fingerprint density at radius 3 is 2.76 bits per heavy atom. The number of hydrogen-bond acceptors (Lipinski definition) is 6. The summed E-state index contributed by atoms with van der Waals surface area (Å²) >= 11 is 0. The van der Waals surface area contributed by atoms with E-state index in [0.29, 0.717) is 30.4 Å². The van der Waals surface area contributed by atoms with E-state index in [2.05, 4.69) is 10.3 Å². The second-order valence-corrected chi connectivity index (χ2v) is 5.96. The number of rotatable bonds is 6. The number of pyridine rings is 1. The largest absolute Gasteiger partial charge is 0.481 e. The molecule has 0 aliphatic carbocycles. The fourth-order valence-electron chi connectivity index (χ4n) is 1.25. The second-order valence-electron chi connectivity index (χ2n) is 3.70. The van der Waals surface area contributed by atoms with Gasteiger partial charge in [0.05, 0.1) is 18.6 Å². The normalized spacial score (nSPS) is 11.2. The summed E-state index contributed by atoms with van der Waals surface area (Å²) in [7, 11) is -1.40. The molecule has 17 heavy (non-hydrogen) atoms. The van der Waals surface area contributed by atoms with Gasteiger partial charge in [-0.3, -0.25) is 0 Å². The Hall–Kier alpha value is -1.50. The van der Waals surface area contributed by atoms with Crippen molar-refractivity contribution in [1.82, 2.24) is 4.98 Å². The van der Waals surface area contributed by atoms with Gasteiger partial charge in [-0.25, -0.2) is 8.42 Å². The van der Waals surface area contributed by atoms with E-state index >= 15 is 0 Å². The van der Waals surface area contributed by atoms with Crippen LogP contribution in [0.1, 0.15) is 6.42 Å². The van der Waals surface area contributed by atoms with Crippen LogP contribution < -0.4 is 15.8 Å². The molecule has 0 bridgehead atoms. The zero-order chi connectivity index (χ0) is 12.9. The van der Waals surface area contributed by atoms with Crippen LogP contribution in [-0.2, 0) is 9.84 Å². The third-order valence-corrected chi connectivity index (χ3v) is 3.12. The molecule has 0 radical (unpaired) electrons. The van der Waals surface area contributed by atoms with Gasteiger partial charge in [0, 0.05) is 18.9 Å². The van der Waals surface area contributed by atoms with Crippen molar-refractivity contribution in [2.45, 2.75) is 6.42 Å². The lowest BCUT2D eigenvalue weighted by molar-refractivity contribution is 0.398. The molecule has 1 heterocycles. The Kier molecular flexibility index (Phi) is 4.56. The van der Waals surface area contributed by atoms with E-state index in [9.17, 15) is 8.42 Å². The highest BCUT2D eigenvalue weighted by Gasteiger charge is 2.04. The van der Waals surface area contributed by atoms with Crippen molar-refractivity contribution in [2.24, 2.45) is 0 Å². The number of nitrogen functional groups attached to an aromatic ring is 1. The van der Waals surface area contributed by atoms with E-state index in [1.54, 1.807) is 12.1 Å². The van der Waals surface area contributed by atoms with E-state index in [1.165, 1.54) is 13.4 Å². The summed E-state index contributed by atoms with van der Waals surface area (Å²) in [6, 6.07) is 3.35. The fourth-order valence-corrected chi connectivity index (χ4v) is 1.92. The SMILES string of the molecule is COc1ccc(N)c(NCCCS(C)(=O)=O)n1. The van der Waals surface area contributed by atoms with E-state index in [1.807, 2.05) is 0 Å². The molecular weight excluding hydrogens is 242 g/mol. The lowest BCUT2D eigenvalue weighted by atomic mass is 10.3. The molecule has 0 atom stereocenters. The van der Waals surface area contributed by atoms with Crippen molar-refractivity contribution < 1.29 is 13.2 Å². The minimum absolute atomic E-state index is 0.143. The van der Waals surface area contributed by atoms with Gasteiger partial charge >= 0.3 is 0 Å². The molecule has 0 saturated heterocycles. The summed E-state index contributed by atoms with van der Waals surface area (Å²) in [5.41, 5.74) is 6.22. The summed E-state index contributed by atoms with van der Waals surface area (Å²) in [5.74, 6) is 1.12. The maximum absolute atomic E-state index is 10.9. The monoisotopic (exact) mass is 259 g/mol. The summed E-state index contributed by atoms with van der Waals surface area (Å²) in [6.45, 7) is 0.497. The van der Waals surface area contributed by atoms with Crippen molar-refractivity contribution in [3.05, 3.63) is 12.1 Å². The Balaban J connectivity index is 2.51. The van der Waals surface area contributed by atoms with Crippen molar-refractivity contribution >= 4 is 21.3 Å². The quantitative estimate of drug-likeness (QED) is 0.723. The zero-order valence-electron chi connectivity index (χ0n) is 9.93. The number of nitrogens with one attached hydrogen (secondary N) is 1. The van der Waals surface area contributed by atoms with Crippen LogP contribution in [0, 0.1) is 0 Å². The molecule has 1 aromatic heterocycles. The van der Waals surface area contributed by atoms with Gasteiger partial charge in [-0.05, 0) is 12.5 Å². The van der Waals surface area contributed by atoms with Gasteiger partial charge in [0.25, 0.3) is 0 Å². The fraction of sp³-hybridized carbons (Fsp3) is 0.500. The molecule has 0 saturated carbocycles. The third-order valence-electron chi connectivity index (χ3n) is 2.09. The first-order chi connectivity index (χ1) is 7.92. The molecule has 0 fully saturated rings. The average Bonchev–Trinajstić information content (AvgIpc) is 2.25. The number of nitrogens with two attached hydrogens (primary N) is 1. The number of ether oxygens (including phenoxy) is 1. The summed E-state index contributed by atoms with van der Waals surface area (Å²) < 4.78 is 26.8. The summed E-state index contributed by atoms with van der Waals surface area (Å²) in [4.78, 5) is 4.12. The molecule has 1 aromatic rings. The summed E-state index contributed by atoms with van der Waals surface area (Å²) in [5, 5.41) is 2.98. The van der Waals surface area contributed by atoms with Gasteiger partial charge in [0.1, 0.15) is 9.84 Å². The maximum atomic E-state index is 10.9. The van der Waals surface area contributed by atoms with Crippen LogP contribution in [0.25, 0.3) is 0 Å². The van der Waals surface area contributed by atoms with E-state index in [4.69, 9.17) is 10.5 Å². The van der Waals surface area contributed by atoms with Gasteiger partial charge in [-0.2, -0.15) is 4.98 Å². The maximum Gasteiger partial charge on any atom is 0.215 e. The minimum atomic E-state index is -2.92. The number of aromatic nitrogens is 1. The van der Waals surface area contributed by atoms with Crippen molar-refractivity contribution in [2.75, 3.05) is 36.7 Å². The first-order valence-corrected chi connectivity index (χ1v) is 7.20. The van der Waals surface area contributed by atoms with Crippen LogP contribution in [-0.4, -0.2) is 39.1 Å². The minimum Gasteiger partial charge on any atom is -0.481 e. The van der Waals surface area contributed by atoms with E-state index < -0.39 is 9.84 Å². The molecule has 0 aliphatic rings. The van der Waals surface area contributed by atoms with Crippen molar-refractivity contribution in [1.29, 1.82) is 0 Å². The molecule has 6 nitrogen and oxygen atoms in total. The van der Waals surface area contributed by atoms with E-state index in [-0.39, 0.29) is 5.75 Å². The lowest BCUT2D eigenvalue weighted by Crippen LogP contribution is -2.11. The number of methoxy groups -OCH3 is 1. The lowest BCUT2D eigenvalue weighted by Gasteiger charge is -2.09. The van der Waals surface area contributed by atoms with Crippen LogP contribution in [0.5, 0.6) is 5.88 Å². The average molecular weight is 259 g/mol. The Labute approximate surface area is 101 Å². The van der Waals surface area contributed by atoms with Gasteiger partial charge in [-0.15, -0.1) is 0 Å². The predicted molar refractivity (Wildman–Crippen MR) is 68.0 cm³/mol. The number of anilines is 2. The molecule has 7 heteroatoms. The molecule has 96 valence electrons. The molecule has 0 amide bonds. The molecule has 3 N–H and O–H groups in total. The van der Waals surface area contributed by atoms with Crippen LogP contribution in [0.2, 0.25) is 0 Å². The summed E-state index contributed by atoms with van der Waals surface area (Å²) in [6.07, 6.45) is 1.72. The molecule has 0 spiro atoms. The first-order valence-electron chi connectivity index (χ1n) is 5.14. The highest BCUT2D eigenvalue weighted by atomic mass is 32.2. The highest BCUT2D eigenvalue weighted by molar-refractivity contribution is 7.90. The van der Waals surface area contributed by atoms with Crippen LogP contribution in [0.3, 0.4) is 0 Å². The van der Waals surface area contributed by atoms with Gasteiger partial charge in [0.2, 0.25) is 5.88 Å². The Morgan fingerprint density at radius 2 is 2.18 bits per heavy atom. The molecular formula is C10H17N3O3S.